The normalized spacial score (nSPS) is 25.4. The van der Waals surface area contributed by atoms with Gasteiger partial charge in [0.05, 0.1) is 18.3 Å². The number of rotatable bonds is 24. The number of phenolic OH excluding ortho intramolecular Hbond substituents is 1. The van der Waals surface area contributed by atoms with E-state index in [-0.39, 0.29) is 99.8 Å². The number of nitrogens with one attached hydrogen (secondary N) is 10. The summed E-state index contributed by atoms with van der Waals surface area (Å²) in [5.74, 6) is -18.3. The van der Waals surface area contributed by atoms with E-state index in [4.69, 9.17) is 17.2 Å². The average Bonchev–Trinajstić information content (AvgIpc) is 1.64. The van der Waals surface area contributed by atoms with Crippen molar-refractivity contribution in [3.8, 4) is 5.75 Å². The van der Waals surface area contributed by atoms with E-state index in [0.717, 1.165) is 31.4 Å². The zero-order valence-corrected chi connectivity index (χ0v) is 76.0. The van der Waals surface area contributed by atoms with Crippen molar-refractivity contribution in [2.45, 2.75) is 248 Å². The highest BCUT2D eigenvalue weighted by Crippen LogP contribution is 2.29. The standard InChI is InChI=1S/C89H127N19O21S/c1-11-13-23-69-82(122)97-60(34-48(3)4)78(118)102-67(76(92)116)46-130-47-73(111)94-64(36-51-27-29-54(109)30-28-51)85(125)103(8)50(7)77(117)95-59(31-32-90)87(127)107-33-19-26-70(107)83(123)101-66(41-91)81(121)99-63(35-49(5)6)88(128)108-44-55(110)39-72(108)84(124)98-61(37-52-42-93-58-22-17-15-20-56(52)58)79(119)96-62(40-74(112)113)80(120)100-65(86(126)105(10)71(24-14-12-2)89(129)104(69)9)38-53-43-106(45-75(114)115)68-25-18-16-21-57(53)68/h15-18,20-22,25,27-30,42-43,48-50,55,59-67,69-72,93,109-110H,11-14,19,23-24,26,31-41,44-47,90-91H2,1-10H3,(H2,92,116)(H,94,111)(H,95,117)(H,96,119)(H,97,122)(H,98,124)(H,99,121)(H,100,120)(H,101,123)(H,102,118)(H,112,113)(H,114,115)/t50-,55+,59-,60-,61-,62-,63-,64-,65-,66-,67-,69-,70-,71-,72-/m0/s1. The van der Waals surface area contributed by atoms with E-state index in [1.54, 1.807) is 82.4 Å². The van der Waals surface area contributed by atoms with Gasteiger partial charge in [0.25, 0.3) is 0 Å². The zero-order chi connectivity index (χ0) is 95.7. The van der Waals surface area contributed by atoms with Crippen LogP contribution in [-0.4, -0.2) is 305 Å². The van der Waals surface area contributed by atoms with Crippen molar-refractivity contribution in [1.82, 2.24) is 81.9 Å². The van der Waals surface area contributed by atoms with Gasteiger partial charge < -0.3 is 120 Å². The van der Waals surface area contributed by atoms with Crippen LogP contribution in [0, 0.1) is 11.8 Å². The second kappa shape index (κ2) is 48.4. The predicted molar refractivity (Wildman–Crippen MR) is 480 cm³/mol. The lowest BCUT2D eigenvalue weighted by molar-refractivity contribution is -0.149. The van der Waals surface area contributed by atoms with Crippen LogP contribution < -0.4 is 65.1 Å². The first-order valence-electron chi connectivity index (χ1n) is 44.1. The zero-order valence-electron chi connectivity index (χ0n) is 75.2. The summed E-state index contributed by atoms with van der Waals surface area (Å²) in [5.41, 5.74) is 20.3. The SMILES string of the molecule is CCCC[C@H]1C(=O)N(C)[C@@H](CCCC)C(=O)N[C@@H](CC(C)C)C(=O)N[C@H](C(N)=O)CSCC(=O)N[C@@H](Cc2ccc(O)cc2)C(=O)N(C)[C@@H](C)C(=O)N[C@@H](CCN)C(=O)N2CCC[C@H]2C(=O)N[C@@H](CN)C(=O)N[C@@H](CC(C)C)C(=O)N2C[C@H](O)C[C@H]2C(=O)N[C@@H](Cc2c[nH]c3ccccc23)C(=O)N[C@@H](CC(=O)O)C(=O)N[C@@H](Cc2cn(CC(=O)O)c3ccccc23)C(=O)N1C. The number of para-hydroxylation sites is 2. The summed E-state index contributed by atoms with van der Waals surface area (Å²) in [6.45, 7) is 10.2. The summed E-state index contributed by atoms with van der Waals surface area (Å²) >= 11 is 0.838. The molecule has 3 aliphatic rings. The molecule has 20 N–H and O–H groups in total. The summed E-state index contributed by atoms with van der Waals surface area (Å²) in [5, 5.41) is 67.1. The molecule has 0 radical (unpaired) electrons. The molecule has 0 spiro atoms. The van der Waals surface area contributed by atoms with E-state index in [0.29, 0.717) is 58.6 Å². The first-order chi connectivity index (χ1) is 61.7. The molecule has 8 rings (SSSR count). The van der Waals surface area contributed by atoms with Crippen LogP contribution in [-0.2, 0) is 107 Å². The third-order valence-electron chi connectivity index (χ3n) is 23.6. The van der Waals surface area contributed by atoms with Crippen LogP contribution in [0.1, 0.15) is 149 Å². The summed E-state index contributed by atoms with van der Waals surface area (Å²) < 4.78 is 1.40. The number of aromatic amines is 1. The molecule has 41 heteroatoms. The van der Waals surface area contributed by atoms with E-state index < -0.39 is 236 Å². The third kappa shape index (κ3) is 27.9. The Kier molecular flexibility index (Phi) is 38.4. The van der Waals surface area contributed by atoms with Gasteiger partial charge in [-0.1, -0.05) is 116 Å². The molecule has 0 unspecified atom stereocenters. The molecule has 2 aromatic heterocycles. The number of hydrogen-bond acceptors (Lipinski definition) is 22. The van der Waals surface area contributed by atoms with E-state index in [2.05, 4.69) is 52.8 Å². The summed E-state index contributed by atoms with van der Waals surface area (Å²) in [4.78, 5) is 257. The fourth-order valence-corrected chi connectivity index (χ4v) is 17.4. The molecule has 130 heavy (non-hydrogen) atoms. The lowest BCUT2D eigenvalue weighted by Crippen LogP contribution is -2.62. The first kappa shape index (κ1) is 103. The summed E-state index contributed by atoms with van der Waals surface area (Å²) in [6, 6.07) is -2.20. The number of carbonyl (C=O) groups excluding carboxylic acids is 15. The molecule has 15 amide bonds. The molecule has 40 nitrogen and oxygen atoms in total. The number of carboxylic acid groups (broad SMARTS) is 2. The number of carboxylic acids is 2. The Morgan fingerprint density at radius 3 is 1.71 bits per heavy atom. The smallest absolute Gasteiger partial charge is 0.323 e. The number of aliphatic hydroxyl groups excluding tert-OH is 1. The second-order valence-electron chi connectivity index (χ2n) is 34.5. The van der Waals surface area contributed by atoms with Crippen molar-refractivity contribution in [3.63, 3.8) is 0 Å². The van der Waals surface area contributed by atoms with Crippen LogP contribution >= 0.6 is 11.8 Å². The molecule has 5 aromatic rings. The van der Waals surface area contributed by atoms with Crippen LogP contribution in [0.5, 0.6) is 5.75 Å². The number of aromatic hydroxyl groups is 1. The Labute approximate surface area is 758 Å². The largest absolute Gasteiger partial charge is 0.508 e. The Morgan fingerprint density at radius 2 is 1.07 bits per heavy atom. The van der Waals surface area contributed by atoms with Crippen LogP contribution in [0.25, 0.3) is 21.8 Å². The maximum atomic E-state index is 15.9. The first-order valence-corrected chi connectivity index (χ1v) is 45.3. The lowest BCUT2D eigenvalue weighted by Gasteiger charge is -2.36. The number of H-pyrrole nitrogens is 1. The number of nitrogens with zero attached hydrogens (tertiary/aromatic N) is 6. The predicted octanol–water partition coefficient (Wildman–Crippen LogP) is -0.756. The van der Waals surface area contributed by atoms with Crippen molar-refractivity contribution >= 4 is 134 Å². The van der Waals surface area contributed by atoms with Gasteiger partial charge in [0.15, 0.2) is 0 Å². The number of aliphatic hydroxyl groups is 1. The third-order valence-corrected chi connectivity index (χ3v) is 24.7. The molecule has 0 aliphatic carbocycles. The Morgan fingerprint density at radius 1 is 0.531 bits per heavy atom. The number of aromatic nitrogens is 2. The number of primary amides is 1. The number of hydrogen-bond donors (Lipinski definition) is 17. The van der Waals surface area contributed by atoms with Crippen molar-refractivity contribution in [2.75, 3.05) is 58.8 Å². The maximum absolute atomic E-state index is 15.9. The molecule has 3 aliphatic heterocycles. The molecule has 710 valence electrons. The van der Waals surface area contributed by atoms with Crippen LogP contribution in [0.4, 0.5) is 0 Å². The molecular weight excluding hydrogens is 1700 g/mol. The monoisotopic (exact) mass is 1830 g/mol. The Hall–Kier alpha value is -12.2. The van der Waals surface area contributed by atoms with E-state index in [1.165, 1.54) is 68.0 Å². The number of carbonyl (C=O) groups is 17. The van der Waals surface area contributed by atoms with Crippen molar-refractivity contribution < 1.29 is 102 Å². The highest BCUT2D eigenvalue weighted by molar-refractivity contribution is 8.00. The van der Waals surface area contributed by atoms with Crippen molar-refractivity contribution in [3.05, 3.63) is 102 Å². The quantitative estimate of drug-likeness (QED) is 0.0361. The van der Waals surface area contributed by atoms with Gasteiger partial charge >= 0.3 is 11.9 Å². The second-order valence-corrected chi connectivity index (χ2v) is 35.5. The summed E-state index contributed by atoms with van der Waals surface area (Å²) in [6.07, 6.45) is 0.610. The fraction of sp³-hybridized carbons (Fsp3) is 0.562. The number of nitrogens with two attached hydrogens (primary N) is 3. The average molecular weight is 1830 g/mol. The minimum atomic E-state index is -2.09. The molecule has 0 saturated carbocycles. The van der Waals surface area contributed by atoms with E-state index in [1.807, 2.05) is 13.8 Å². The van der Waals surface area contributed by atoms with Gasteiger partial charge in [0.1, 0.15) is 96.9 Å². The highest BCUT2D eigenvalue weighted by Gasteiger charge is 2.47. The molecule has 3 saturated heterocycles. The molecule has 15 atom stereocenters. The van der Waals surface area contributed by atoms with Gasteiger partial charge in [-0.3, -0.25) is 81.5 Å². The Bertz CT molecular complexity index is 4890. The van der Waals surface area contributed by atoms with Gasteiger partial charge in [0, 0.05) is 106 Å². The van der Waals surface area contributed by atoms with E-state index >= 15 is 33.6 Å². The van der Waals surface area contributed by atoms with Crippen LogP contribution in [0.2, 0.25) is 0 Å². The topological polar surface area (TPSA) is 594 Å². The van der Waals surface area contributed by atoms with Crippen molar-refractivity contribution in [2.24, 2.45) is 29.0 Å². The number of phenols is 1. The summed E-state index contributed by atoms with van der Waals surface area (Å²) in [7, 11) is 3.92. The van der Waals surface area contributed by atoms with Crippen LogP contribution in [0.3, 0.4) is 0 Å². The number of benzene rings is 3. The van der Waals surface area contributed by atoms with Gasteiger partial charge in [0.2, 0.25) is 88.6 Å². The number of fused-ring (bicyclic) bond motifs is 4. The number of likely N-dealkylation sites (N-methyl/N-ethyl adjacent to an activating group) is 3. The molecule has 5 heterocycles. The van der Waals surface area contributed by atoms with Gasteiger partial charge in [-0.15, -0.1) is 11.8 Å². The fourth-order valence-electron chi connectivity index (χ4n) is 16.5. The lowest BCUT2D eigenvalue weighted by atomic mass is 9.99. The Balaban J connectivity index is 1.19. The number of thioether (sulfide) groups is 1. The van der Waals surface area contributed by atoms with E-state index in [9.17, 15) is 68.4 Å². The van der Waals surface area contributed by atoms with Crippen LogP contribution in [0.15, 0.2) is 85.2 Å². The number of amides is 15. The minimum absolute atomic E-state index is 0.00748. The molecule has 3 aromatic carbocycles. The molecular formula is C89H127N19O21S. The number of aliphatic carboxylic acids is 2. The maximum Gasteiger partial charge on any atom is 0.323 e. The van der Waals surface area contributed by atoms with Gasteiger partial charge in [-0.2, -0.15) is 0 Å². The molecule has 0 bridgehead atoms. The van der Waals surface area contributed by atoms with Gasteiger partial charge in [-0.05, 0) is 111 Å². The number of unbranched alkanes of at least 4 members (excludes halogenated alkanes) is 2. The van der Waals surface area contributed by atoms with Gasteiger partial charge in [-0.25, -0.2) is 0 Å². The molecule has 3 fully saturated rings. The van der Waals surface area contributed by atoms with Crippen molar-refractivity contribution in [1.29, 1.82) is 0 Å². The highest BCUT2D eigenvalue weighted by atomic mass is 32.2. The minimum Gasteiger partial charge on any atom is -0.508 e.